The van der Waals surface area contributed by atoms with E-state index in [1.54, 1.807) is 13.4 Å². The van der Waals surface area contributed by atoms with Crippen molar-refractivity contribution in [2.45, 2.75) is 51.9 Å². The first kappa shape index (κ1) is 13.5. The molecular weight excluding hydrogens is 230 g/mol. The molecule has 1 aromatic heterocycles. The molecule has 1 aliphatic rings. The van der Waals surface area contributed by atoms with Gasteiger partial charge in [0.05, 0.1) is 12.2 Å². The fourth-order valence-electron chi connectivity index (χ4n) is 2.34. The lowest BCUT2D eigenvalue weighted by Crippen LogP contribution is -2.33. The van der Waals surface area contributed by atoms with Gasteiger partial charge in [0.1, 0.15) is 12.2 Å². The Morgan fingerprint density at radius 1 is 1.50 bits per heavy atom. The predicted molar refractivity (Wildman–Crippen MR) is 68.1 cm³/mol. The van der Waals surface area contributed by atoms with Crippen LogP contribution in [0.5, 0.6) is 0 Å². The summed E-state index contributed by atoms with van der Waals surface area (Å²) in [6, 6.07) is 0. The van der Waals surface area contributed by atoms with Crippen molar-refractivity contribution in [3.63, 3.8) is 0 Å². The van der Waals surface area contributed by atoms with Crippen LogP contribution < -0.4 is 0 Å². The zero-order valence-corrected chi connectivity index (χ0v) is 11.4. The summed E-state index contributed by atoms with van der Waals surface area (Å²) in [6.07, 6.45) is 3.85. The van der Waals surface area contributed by atoms with E-state index in [2.05, 4.69) is 23.9 Å². The quantitative estimate of drug-likeness (QED) is 0.795. The van der Waals surface area contributed by atoms with E-state index < -0.39 is 6.10 Å². The van der Waals surface area contributed by atoms with Gasteiger partial charge in [-0.2, -0.15) is 5.10 Å². The average Bonchev–Trinajstić information content (AvgIpc) is 3.04. The predicted octanol–water partition coefficient (Wildman–Crippen LogP) is 1.26. The number of aromatic nitrogens is 3. The SMILES string of the molecule is COC(C(O)Cc1ncnn1CC(C)C)C1CC1. The first-order chi connectivity index (χ1) is 8.61. The van der Waals surface area contributed by atoms with Crippen LogP contribution in [0.4, 0.5) is 0 Å². The van der Waals surface area contributed by atoms with Crippen LogP contribution in [-0.4, -0.2) is 39.2 Å². The zero-order chi connectivity index (χ0) is 13.1. The Kier molecular flexibility index (Phi) is 4.35. The largest absolute Gasteiger partial charge is 0.390 e. The Balaban J connectivity index is 1.97. The molecule has 1 N–H and O–H groups in total. The molecule has 0 radical (unpaired) electrons. The molecule has 18 heavy (non-hydrogen) atoms. The first-order valence-corrected chi connectivity index (χ1v) is 6.69. The first-order valence-electron chi connectivity index (χ1n) is 6.69. The van der Waals surface area contributed by atoms with Crippen molar-refractivity contribution in [3.8, 4) is 0 Å². The Morgan fingerprint density at radius 3 is 2.78 bits per heavy atom. The summed E-state index contributed by atoms with van der Waals surface area (Å²) in [5.41, 5.74) is 0. The van der Waals surface area contributed by atoms with Crippen LogP contribution in [0.3, 0.4) is 0 Å². The second-order valence-corrected chi connectivity index (χ2v) is 5.56. The van der Waals surface area contributed by atoms with E-state index >= 15 is 0 Å². The molecule has 2 unspecified atom stereocenters. The summed E-state index contributed by atoms with van der Waals surface area (Å²) in [6.45, 7) is 5.12. The maximum absolute atomic E-state index is 10.2. The van der Waals surface area contributed by atoms with Crippen LogP contribution in [0.1, 0.15) is 32.5 Å². The second-order valence-electron chi connectivity index (χ2n) is 5.56. The lowest BCUT2D eigenvalue weighted by Gasteiger charge is -2.21. The molecule has 2 rings (SSSR count). The minimum Gasteiger partial charge on any atom is -0.390 e. The molecule has 1 saturated carbocycles. The summed E-state index contributed by atoms with van der Waals surface area (Å²) in [7, 11) is 1.67. The van der Waals surface area contributed by atoms with E-state index in [9.17, 15) is 5.11 Å². The number of ether oxygens (including phenoxy) is 1. The Bertz CT molecular complexity index is 374. The van der Waals surface area contributed by atoms with Crippen LogP contribution in [0.25, 0.3) is 0 Å². The van der Waals surface area contributed by atoms with Crippen LogP contribution in [-0.2, 0) is 17.7 Å². The topological polar surface area (TPSA) is 60.2 Å². The molecule has 1 aliphatic carbocycles. The van der Waals surface area contributed by atoms with Crippen LogP contribution in [0, 0.1) is 11.8 Å². The molecule has 0 amide bonds. The molecule has 1 aromatic rings. The third-order valence-corrected chi connectivity index (χ3v) is 3.36. The normalized spacial score (nSPS) is 19.2. The van der Waals surface area contributed by atoms with Crippen LogP contribution in [0.15, 0.2) is 6.33 Å². The van der Waals surface area contributed by atoms with Crippen molar-refractivity contribution in [2.75, 3.05) is 7.11 Å². The van der Waals surface area contributed by atoms with Crippen molar-refractivity contribution in [1.29, 1.82) is 0 Å². The zero-order valence-electron chi connectivity index (χ0n) is 11.4. The summed E-state index contributed by atoms with van der Waals surface area (Å²) < 4.78 is 7.28. The fourth-order valence-corrected chi connectivity index (χ4v) is 2.34. The van der Waals surface area contributed by atoms with E-state index in [0.29, 0.717) is 18.3 Å². The van der Waals surface area contributed by atoms with Gasteiger partial charge in [0.25, 0.3) is 0 Å². The number of rotatable bonds is 7. The third kappa shape index (κ3) is 3.29. The maximum Gasteiger partial charge on any atom is 0.138 e. The van der Waals surface area contributed by atoms with Gasteiger partial charge in [-0.15, -0.1) is 0 Å². The summed E-state index contributed by atoms with van der Waals surface area (Å²) in [5, 5.41) is 14.5. The van der Waals surface area contributed by atoms with Crippen LogP contribution >= 0.6 is 0 Å². The van der Waals surface area contributed by atoms with Crippen molar-refractivity contribution >= 4 is 0 Å². The molecular formula is C13H23N3O2. The average molecular weight is 253 g/mol. The minimum atomic E-state index is -0.488. The molecule has 102 valence electrons. The number of methoxy groups -OCH3 is 1. The van der Waals surface area contributed by atoms with E-state index in [-0.39, 0.29) is 6.10 Å². The van der Waals surface area contributed by atoms with Crippen molar-refractivity contribution < 1.29 is 9.84 Å². The van der Waals surface area contributed by atoms with Gasteiger partial charge >= 0.3 is 0 Å². The highest BCUT2D eigenvalue weighted by Gasteiger charge is 2.36. The molecule has 5 nitrogen and oxygen atoms in total. The smallest absolute Gasteiger partial charge is 0.138 e. The van der Waals surface area contributed by atoms with E-state index in [4.69, 9.17) is 4.74 Å². The number of hydrogen-bond acceptors (Lipinski definition) is 4. The Morgan fingerprint density at radius 2 is 2.22 bits per heavy atom. The summed E-state index contributed by atoms with van der Waals surface area (Å²) in [5.74, 6) is 1.88. The maximum atomic E-state index is 10.2. The lowest BCUT2D eigenvalue weighted by atomic mass is 10.1. The molecule has 0 aromatic carbocycles. The number of aliphatic hydroxyl groups excluding tert-OH is 1. The molecule has 1 heterocycles. The molecule has 0 bridgehead atoms. The van der Waals surface area contributed by atoms with Gasteiger partial charge in [-0.3, -0.25) is 0 Å². The van der Waals surface area contributed by atoms with Crippen molar-refractivity contribution in [1.82, 2.24) is 14.8 Å². The monoisotopic (exact) mass is 253 g/mol. The highest BCUT2D eigenvalue weighted by Crippen LogP contribution is 2.36. The Labute approximate surface area is 108 Å². The van der Waals surface area contributed by atoms with Gasteiger partial charge < -0.3 is 9.84 Å². The van der Waals surface area contributed by atoms with Crippen molar-refractivity contribution in [2.24, 2.45) is 11.8 Å². The number of hydrogen-bond donors (Lipinski definition) is 1. The molecule has 0 aliphatic heterocycles. The third-order valence-electron chi connectivity index (χ3n) is 3.36. The van der Waals surface area contributed by atoms with Crippen LogP contribution in [0.2, 0.25) is 0 Å². The summed E-state index contributed by atoms with van der Waals surface area (Å²) in [4.78, 5) is 4.24. The lowest BCUT2D eigenvalue weighted by molar-refractivity contribution is -0.0250. The molecule has 0 saturated heterocycles. The molecule has 1 fully saturated rings. The number of nitrogens with zero attached hydrogens (tertiary/aromatic N) is 3. The van der Waals surface area contributed by atoms with Gasteiger partial charge in [-0.25, -0.2) is 9.67 Å². The molecule has 0 spiro atoms. The number of aliphatic hydroxyl groups is 1. The van der Waals surface area contributed by atoms with E-state index in [1.165, 1.54) is 0 Å². The highest BCUT2D eigenvalue weighted by molar-refractivity contribution is 4.94. The minimum absolute atomic E-state index is 0.0609. The van der Waals surface area contributed by atoms with Gasteiger partial charge in [0.2, 0.25) is 0 Å². The highest BCUT2D eigenvalue weighted by atomic mass is 16.5. The van der Waals surface area contributed by atoms with Gasteiger partial charge in [0, 0.05) is 20.1 Å². The fraction of sp³-hybridized carbons (Fsp3) is 0.846. The Hall–Kier alpha value is -0.940. The second kappa shape index (κ2) is 5.80. The van der Waals surface area contributed by atoms with E-state index in [1.807, 2.05) is 4.68 Å². The standard InChI is InChI=1S/C13H23N3O2/c1-9(2)7-16-12(14-8-15-16)6-11(17)13(18-3)10-4-5-10/h8-11,13,17H,4-7H2,1-3H3. The molecule has 2 atom stereocenters. The van der Waals surface area contributed by atoms with Gasteiger partial charge in [0.15, 0.2) is 0 Å². The molecule has 5 heteroatoms. The van der Waals surface area contributed by atoms with Gasteiger partial charge in [-0.05, 0) is 24.7 Å². The van der Waals surface area contributed by atoms with Gasteiger partial charge in [-0.1, -0.05) is 13.8 Å². The van der Waals surface area contributed by atoms with E-state index in [0.717, 1.165) is 25.2 Å². The summed E-state index contributed by atoms with van der Waals surface area (Å²) >= 11 is 0. The van der Waals surface area contributed by atoms with Crippen molar-refractivity contribution in [3.05, 3.63) is 12.2 Å².